The number of carbonyl (C=O) groups is 1. The van der Waals surface area contributed by atoms with Gasteiger partial charge in [-0.15, -0.1) is 0 Å². The molecule has 0 radical (unpaired) electrons. The van der Waals surface area contributed by atoms with Crippen LogP contribution in [-0.2, 0) is 28.5 Å². The van der Waals surface area contributed by atoms with Crippen molar-refractivity contribution in [1.82, 2.24) is 4.90 Å². The molecular formula is C17H34N2O6. The van der Waals surface area contributed by atoms with Crippen LogP contribution in [0.25, 0.3) is 0 Å². The summed E-state index contributed by atoms with van der Waals surface area (Å²) in [4.78, 5) is 13.8. The maximum absolute atomic E-state index is 12.0. The van der Waals surface area contributed by atoms with E-state index in [9.17, 15) is 4.79 Å². The molecule has 148 valence electrons. The van der Waals surface area contributed by atoms with Crippen molar-refractivity contribution in [3.05, 3.63) is 0 Å². The van der Waals surface area contributed by atoms with Gasteiger partial charge in [0.1, 0.15) is 0 Å². The molecule has 0 bridgehead atoms. The second-order valence-corrected chi connectivity index (χ2v) is 5.91. The standard InChI is InChI=1S/C17H34N2O6/c1-21-8-9-23-12-13-25-15-14-24-11-10-22-7-4-17(20)19-5-2-16(18)3-6-19/h16H,2-15,18H2,1H3. The molecule has 1 heterocycles. The topological polar surface area (TPSA) is 92.5 Å². The van der Waals surface area contributed by atoms with E-state index >= 15 is 0 Å². The van der Waals surface area contributed by atoms with Crippen molar-refractivity contribution in [3.8, 4) is 0 Å². The van der Waals surface area contributed by atoms with Gasteiger partial charge in [-0.25, -0.2) is 0 Å². The first-order valence-corrected chi connectivity index (χ1v) is 9.07. The number of piperidine rings is 1. The van der Waals surface area contributed by atoms with Crippen molar-refractivity contribution < 1.29 is 28.5 Å². The molecule has 1 rings (SSSR count). The van der Waals surface area contributed by atoms with E-state index in [-0.39, 0.29) is 11.9 Å². The van der Waals surface area contributed by atoms with E-state index in [1.807, 2.05) is 4.90 Å². The first-order chi connectivity index (χ1) is 12.2. The lowest BCUT2D eigenvalue weighted by molar-refractivity contribution is -0.133. The van der Waals surface area contributed by atoms with Gasteiger partial charge in [-0.2, -0.15) is 0 Å². The Labute approximate surface area is 150 Å². The van der Waals surface area contributed by atoms with Crippen LogP contribution in [0.5, 0.6) is 0 Å². The summed E-state index contributed by atoms with van der Waals surface area (Å²) in [5.41, 5.74) is 5.83. The molecule has 0 aromatic carbocycles. The zero-order chi connectivity index (χ0) is 18.2. The fourth-order valence-electron chi connectivity index (χ4n) is 2.37. The predicted octanol–water partition coefficient (Wildman–Crippen LogP) is 0.0390. The van der Waals surface area contributed by atoms with Gasteiger partial charge in [0.25, 0.3) is 0 Å². The largest absolute Gasteiger partial charge is 0.382 e. The Morgan fingerprint density at radius 1 is 0.840 bits per heavy atom. The van der Waals surface area contributed by atoms with Gasteiger partial charge in [-0.3, -0.25) is 4.79 Å². The number of amides is 1. The molecular weight excluding hydrogens is 328 g/mol. The van der Waals surface area contributed by atoms with Crippen LogP contribution >= 0.6 is 0 Å². The van der Waals surface area contributed by atoms with Gasteiger partial charge < -0.3 is 34.3 Å². The van der Waals surface area contributed by atoms with Gasteiger partial charge >= 0.3 is 0 Å². The maximum Gasteiger partial charge on any atom is 0.224 e. The minimum absolute atomic E-state index is 0.147. The molecule has 1 aliphatic heterocycles. The zero-order valence-corrected chi connectivity index (χ0v) is 15.5. The van der Waals surface area contributed by atoms with Gasteiger partial charge in [0.05, 0.1) is 65.9 Å². The van der Waals surface area contributed by atoms with Gasteiger partial charge in [0.2, 0.25) is 5.91 Å². The second-order valence-electron chi connectivity index (χ2n) is 5.91. The molecule has 1 saturated heterocycles. The van der Waals surface area contributed by atoms with Gasteiger partial charge in [0.15, 0.2) is 0 Å². The summed E-state index contributed by atoms with van der Waals surface area (Å²) in [6.45, 7) is 6.29. The van der Waals surface area contributed by atoms with Crippen molar-refractivity contribution in [2.24, 2.45) is 5.73 Å². The molecule has 1 amide bonds. The van der Waals surface area contributed by atoms with Crippen molar-refractivity contribution in [2.75, 3.05) is 79.7 Å². The molecule has 1 aliphatic rings. The number of nitrogens with two attached hydrogens (primary N) is 1. The third kappa shape index (κ3) is 12.3. The molecule has 1 fully saturated rings. The van der Waals surface area contributed by atoms with Crippen LogP contribution in [0, 0.1) is 0 Å². The van der Waals surface area contributed by atoms with Crippen LogP contribution < -0.4 is 5.73 Å². The highest BCUT2D eigenvalue weighted by molar-refractivity contribution is 5.76. The number of nitrogens with zero attached hydrogens (tertiary/aromatic N) is 1. The fourth-order valence-corrected chi connectivity index (χ4v) is 2.37. The molecule has 8 heteroatoms. The fraction of sp³-hybridized carbons (Fsp3) is 0.941. The van der Waals surface area contributed by atoms with E-state index in [4.69, 9.17) is 29.4 Å². The Morgan fingerprint density at radius 2 is 1.28 bits per heavy atom. The number of methoxy groups -OCH3 is 1. The van der Waals surface area contributed by atoms with Crippen LogP contribution in [0.3, 0.4) is 0 Å². The maximum atomic E-state index is 12.0. The van der Waals surface area contributed by atoms with E-state index in [1.165, 1.54) is 0 Å². The van der Waals surface area contributed by atoms with Crippen LogP contribution in [0.15, 0.2) is 0 Å². The molecule has 0 atom stereocenters. The first-order valence-electron chi connectivity index (χ1n) is 9.07. The quantitative estimate of drug-likeness (QED) is 0.411. The highest BCUT2D eigenvalue weighted by Gasteiger charge is 2.19. The molecule has 2 N–H and O–H groups in total. The summed E-state index contributed by atoms with van der Waals surface area (Å²) in [7, 11) is 1.64. The van der Waals surface area contributed by atoms with Crippen LogP contribution in [0.1, 0.15) is 19.3 Å². The lowest BCUT2D eigenvalue weighted by Crippen LogP contribution is -2.43. The molecule has 25 heavy (non-hydrogen) atoms. The predicted molar refractivity (Wildman–Crippen MR) is 93.6 cm³/mol. The summed E-state index contributed by atoms with van der Waals surface area (Å²) in [5, 5.41) is 0. The minimum atomic E-state index is 0.147. The van der Waals surface area contributed by atoms with Crippen molar-refractivity contribution in [3.63, 3.8) is 0 Å². The Morgan fingerprint density at radius 3 is 1.76 bits per heavy atom. The molecule has 0 unspecified atom stereocenters. The lowest BCUT2D eigenvalue weighted by Gasteiger charge is -2.30. The SMILES string of the molecule is COCCOCCOCCOCCOCCC(=O)N1CCC(N)CC1. The molecule has 0 saturated carbocycles. The summed E-state index contributed by atoms with van der Waals surface area (Å²) in [5.74, 6) is 0.147. The smallest absolute Gasteiger partial charge is 0.224 e. The Balaban J connectivity index is 1.78. The average Bonchev–Trinajstić information content (AvgIpc) is 2.62. The van der Waals surface area contributed by atoms with Crippen LogP contribution in [-0.4, -0.2) is 96.5 Å². The third-order valence-electron chi connectivity index (χ3n) is 3.90. The number of rotatable bonds is 15. The lowest BCUT2D eigenvalue weighted by atomic mass is 10.1. The van der Waals surface area contributed by atoms with E-state index in [1.54, 1.807) is 7.11 Å². The molecule has 8 nitrogen and oxygen atoms in total. The summed E-state index contributed by atoms with van der Waals surface area (Å²) in [6, 6.07) is 0.240. The number of hydrogen-bond donors (Lipinski definition) is 1. The average molecular weight is 362 g/mol. The van der Waals surface area contributed by atoms with Gasteiger partial charge in [-0.05, 0) is 12.8 Å². The molecule has 0 aromatic rings. The monoisotopic (exact) mass is 362 g/mol. The van der Waals surface area contributed by atoms with Crippen molar-refractivity contribution in [1.29, 1.82) is 0 Å². The number of carbonyl (C=O) groups excluding carboxylic acids is 1. The highest BCUT2D eigenvalue weighted by atomic mass is 16.6. The first kappa shape index (κ1) is 22.3. The third-order valence-corrected chi connectivity index (χ3v) is 3.90. The Hall–Kier alpha value is -0.770. The van der Waals surface area contributed by atoms with Crippen molar-refractivity contribution in [2.45, 2.75) is 25.3 Å². The van der Waals surface area contributed by atoms with Crippen LogP contribution in [0.2, 0.25) is 0 Å². The van der Waals surface area contributed by atoms with E-state index in [0.717, 1.165) is 25.9 Å². The van der Waals surface area contributed by atoms with E-state index < -0.39 is 0 Å². The second kappa shape index (κ2) is 15.5. The number of ether oxygens (including phenoxy) is 5. The highest BCUT2D eigenvalue weighted by Crippen LogP contribution is 2.09. The Bertz CT molecular complexity index is 324. The molecule has 0 spiro atoms. The van der Waals surface area contributed by atoms with E-state index in [0.29, 0.717) is 65.9 Å². The number of likely N-dealkylation sites (tertiary alicyclic amines) is 1. The zero-order valence-electron chi connectivity index (χ0n) is 15.5. The normalized spacial score (nSPS) is 15.7. The summed E-state index contributed by atoms with van der Waals surface area (Å²) < 4.78 is 26.3. The summed E-state index contributed by atoms with van der Waals surface area (Å²) in [6.07, 6.45) is 2.20. The van der Waals surface area contributed by atoms with E-state index in [2.05, 4.69) is 0 Å². The molecule has 0 aromatic heterocycles. The summed E-state index contributed by atoms with van der Waals surface area (Å²) >= 11 is 0. The van der Waals surface area contributed by atoms with Crippen molar-refractivity contribution >= 4 is 5.91 Å². The molecule has 0 aliphatic carbocycles. The van der Waals surface area contributed by atoms with Crippen LogP contribution in [0.4, 0.5) is 0 Å². The number of hydrogen-bond acceptors (Lipinski definition) is 7. The van der Waals surface area contributed by atoms with Gasteiger partial charge in [-0.1, -0.05) is 0 Å². The van der Waals surface area contributed by atoms with Gasteiger partial charge in [0, 0.05) is 26.2 Å². The minimum Gasteiger partial charge on any atom is -0.382 e. The Kier molecular flexibility index (Phi) is 13.8.